The first-order valence-corrected chi connectivity index (χ1v) is 10.6. The molecule has 2 aromatic heterocycles. The summed E-state index contributed by atoms with van der Waals surface area (Å²) >= 11 is 2.82. The number of para-hydroxylation sites is 2. The van der Waals surface area contributed by atoms with Crippen molar-refractivity contribution >= 4 is 39.7 Å². The molecule has 0 aliphatic heterocycles. The normalized spacial score (nSPS) is 10.9. The Morgan fingerprint density at radius 3 is 2.93 bits per heavy atom. The first-order valence-electron chi connectivity index (χ1n) is 8.58. The predicted octanol–water partition coefficient (Wildman–Crippen LogP) is 2.98. The van der Waals surface area contributed by atoms with Gasteiger partial charge in [0.05, 0.1) is 23.7 Å². The highest BCUT2D eigenvalue weighted by Crippen LogP contribution is 2.24. The number of nitrogens with zero attached hydrogens (tertiary/aromatic N) is 3. The highest BCUT2D eigenvalue weighted by atomic mass is 32.2. The third kappa shape index (κ3) is 4.86. The van der Waals surface area contributed by atoms with Crippen LogP contribution in [0.5, 0.6) is 5.75 Å². The Hall–Kier alpha value is -2.39. The SMILES string of the molecule is CCOc1ccccc1NC(=O)CSCc1cc(=O)n2nc(CC)sc2n1. The summed E-state index contributed by atoms with van der Waals surface area (Å²) in [7, 11) is 0. The number of aromatic nitrogens is 3. The van der Waals surface area contributed by atoms with Crippen molar-refractivity contribution in [1.82, 2.24) is 14.6 Å². The maximum atomic E-state index is 12.2. The van der Waals surface area contributed by atoms with Crippen LogP contribution in [0.3, 0.4) is 0 Å². The molecule has 0 unspecified atom stereocenters. The van der Waals surface area contributed by atoms with Crippen molar-refractivity contribution in [3.63, 3.8) is 0 Å². The molecule has 0 bridgehead atoms. The summed E-state index contributed by atoms with van der Waals surface area (Å²) in [6.07, 6.45) is 0.765. The number of amides is 1. The molecule has 9 heteroatoms. The smallest absolute Gasteiger partial charge is 0.275 e. The van der Waals surface area contributed by atoms with Crippen molar-refractivity contribution in [2.75, 3.05) is 17.7 Å². The number of rotatable bonds is 8. The molecule has 0 saturated heterocycles. The van der Waals surface area contributed by atoms with Crippen LogP contribution in [0.15, 0.2) is 35.1 Å². The van der Waals surface area contributed by atoms with Crippen LogP contribution in [-0.2, 0) is 17.0 Å². The highest BCUT2D eigenvalue weighted by Gasteiger charge is 2.10. The van der Waals surface area contributed by atoms with Gasteiger partial charge in [-0.3, -0.25) is 9.59 Å². The van der Waals surface area contributed by atoms with Gasteiger partial charge in [-0.25, -0.2) is 4.98 Å². The largest absolute Gasteiger partial charge is 0.492 e. The topological polar surface area (TPSA) is 85.6 Å². The fourth-order valence-electron chi connectivity index (χ4n) is 2.40. The minimum atomic E-state index is -0.193. The Labute approximate surface area is 164 Å². The lowest BCUT2D eigenvalue weighted by Gasteiger charge is -2.11. The number of nitrogens with one attached hydrogen (secondary N) is 1. The van der Waals surface area contributed by atoms with Gasteiger partial charge in [0.25, 0.3) is 5.56 Å². The second kappa shape index (κ2) is 9.01. The fourth-order valence-corrected chi connectivity index (χ4v) is 3.97. The van der Waals surface area contributed by atoms with Crippen LogP contribution < -0.4 is 15.6 Å². The molecule has 0 spiro atoms. The van der Waals surface area contributed by atoms with E-state index in [-0.39, 0.29) is 17.2 Å². The Morgan fingerprint density at radius 2 is 2.15 bits per heavy atom. The van der Waals surface area contributed by atoms with Gasteiger partial charge in [0, 0.05) is 11.8 Å². The van der Waals surface area contributed by atoms with Gasteiger partial charge in [-0.2, -0.15) is 9.61 Å². The Bertz CT molecular complexity index is 1000. The van der Waals surface area contributed by atoms with E-state index in [1.807, 2.05) is 32.0 Å². The van der Waals surface area contributed by atoms with Crippen LogP contribution >= 0.6 is 23.1 Å². The minimum absolute atomic E-state index is 0.129. The van der Waals surface area contributed by atoms with Gasteiger partial charge < -0.3 is 10.1 Å². The summed E-state index contributed by atoms with van der Waals surface area (Å²) in [5.41, 5.74) is 1.11. The molecular formula is C18H20N4O3S2. The molecule has 1 amide bonds. The molecule has 0 atom stereocenters. The second-order valence-corrected chi connectivity index (χ2v) is 7.63. The molecule has 2 heterocycles. The van der Waals surface area contributed by atoms with Crippen molar-refractivity contribution in [1.29, 1.82) is 0 Å². The molecule has 7 nitrogen and oxygen atoms in total. The quantitative estimate of drug-likeness (QED) is 0.621. The van der Waals surface area contributed by atoms with Crippen molar-refractivity contribution in [2.45, 2.75) is 26.0 Å². The zero-order chi connectivity index (χ0) is 19.2. The highest BCUT2D eigenvalue weighted by molar-refractivity contribution is 7.99. The molecule has 0 radical (unpaired) electrons. The first-order chi connectivity index (χ1) is 13.1. The van der Waals surface area contributed by atoms with E-state index in [2.05, 4.69) is 15.4 Å². The third-order valence-corrected chi connectivity index (χ3v) is 5.61. The second-order valence-electron chi connectivity index (χ2n) is 5.60. The number of thioether (sulfide) groups is 1. The van der Waals surface area contributed by atoms with Crippen LogP contribution in [0.25, 0.3) is 4.96 Å². The van der Waals surface area contributed by atoms with Gasteiger partial charge in [-0.15, -0.1) is 11.8 Å². The number of hydrogen-bond donors (Lipinski definition) is 1. The van der Waals surface area contributed by atoms with E-state index in [9.17, 15) is 9.59 Å². The van der Waals surface area contributed by atoms with Crippen LogP contribution in [0, 0.1) is 0 Å². The van der Waals surface area contributed by atoms with E-state index in [1.165, 1.54) is 33.7 Å². The van der Waals surface area contributed by atoms with E-state index in [0.29, 0.717) is 34.5 Å². The standard InChI is InChI=1S/C18H20N4O3S2/c1-3-16-21-22-17(24)9-12(19-18(22)27-16)10-26-11-15(23)20-13-7-5-6-8-14(13)25-4-2/h5-9H,3-4,10-11H2,1-2H3,(H,20,23). The molecule has 0 aliphatic rings. The average molecular weight is 405 g/mol. The fraction of sp³-hybridized carbons (Fsp3) is 0.333. The lowest BCUT2D eigenvalue weighted by Crippen LogP contribution is -2.16. The molecule has 1 N–H and O–H groups in total. The number of aryl methyl sites for hydroxylation is 1. The van der Waals surface area contributed by atoms with E-state index in [0.717, 1.165) is 11.4 Å². The zero-order valence-electron chi connectivity index (χ0n) is 15.1. The molecular weight excluding hydrogens is 384 g/mol. The van der Waals surface area contributed by atoms with Crippen molar-refractivity contribution < 1.29 is 9.53 Å². The maximum Gasteiger partial charge on any atom is 0.275 e. The Morgan fingerprint density at radius 1 is 1.33 bits per heavy atom. The average Bonchev–Trinajstić information content (AvgIpc) is 3.07. The minimum Gasteiger partial charge on any atom is -0.492 e. The molecule has 0 saturated carbocycles. The van der Waals surface area contributed by atoms with Gasteiger partial charge >= 0.3 is 0 Å². The van der Waals surface area contributed by atoms with Gasteiger partial charge in [-0.05, 0) is 25.5 Å². The summed E-state index contributed by atoms with van der Waals surface area (Å²) in [5.74, 6) is 1.25. The zero-order valence-corrected chi connectivity index (χ0v) is 16.7. The third-order valence-electron chi connectivity index (χ3n) is 3.59. The lowest BCUT2D eigenvalue weighted by atomic mass is 10.3. The van der Waals surface area contributed by atoms with Gasteiger partial charge in [-0.1, -0.05) is 30.4 Å². The molecule has 3 rings (SSSR count). The molecule has 1 aromatic carbocycles. The molecule has 142 valence electrons. The van der Waals surface area contributed by atoms with E-state index < -0.39 is 0 Å². The lowest BCUT2D eigenvalue weighted by molar-refractivity contribution is -0.113. The summed E-state index contributed by atoms with van der Waals surface area (Å²) < 4.78 is 6.83. The summed E-state index contributed by atoms with van der Waals surface area (Å²) in [6, 6.07) is 8.80. The maximum absolute atomic E-state index is 12.2. The summed E-state index contributed by atoms with van der Waals surface area (Å²) in [6.45, 7) is 4.41. The Kier molecular flexibility index (Phi) is 6.46. The first kappa shape index (κ1) is 19.4. The number of ether oxygens (including phenoxy) is 1. The number of hydrogen-bond acceptors (Lipinski definition) is 7. The van der Waals surface area contributed by atoms with Crippen LogP contribution in [0.4, 0.5) is 5.69 Å². The van der Waals surface area contributed by atoms with Gasteiger partial charge in [0.1, 0.15) is 10.8 Å². The van der Waals surface area contributed by atoms with Crippen LogP contribution in [-0.4, -0.2) is 32.9 Å². The van der Waals surface area contributed by atoms with E-state index in [1.54, 1.807) is 6.07 Å². The van der Waals surface area contributed by atoms with Crippen LogP contribution in [0.1, 0.15) is 24.5 Å². The van der Waals surface area contributed by atoms with Gasteiger partial charge in [0.15, 0.2) is 0 Å². The van der Waals surface area contributed by atoms with Crippen molar-refractivity contribution in [3.05, 3.63) is 51.4 Å². The van der Waals surface area contributed by atoms with Crippen LogP contribution in [0.2, 0.25) is 0 Å². The number of anilines is 1. The molecule has 27 heavy (non-hydrogen) atoms. The van der Waals surface area contributed by atoms with E-state index >= 15 is 0 Å². The predicted molar refractivity (Wildman–Crippen MR) is 109 cm³/mol. The van der Waals surface area contributed by atoms with Crippen molar-refractivity contribution in [2.24, 2.45) is 0 Å². The number of benzene rings is 1. The molecule has 0 aliphatic carbocycles. The number of carbonyl (C=O) groups is 1. The number of fused-ring (bicyclic) bond motifs is 1. The molecule has 3 aromatic rings. The number of carbonyl (C=O) groups excluding carboxylic acids is 1. The van der Waals surface area contributed by atoms with Crippen molar-refractivity contribution in [3.8, 4) is 5.75 Å². The monoisotopic (exact) mass is 404 g/mol. The summed E-state index contributed by atoms with van der Waals surface area (Å²) in [5, 5.41) is 7.95. The van der Waals surface area contributed by atoms with E-state index in [4.69, 9.17) is 4.74 Å². The Balaban J connectivity index is 1.59. The van der Waals surface area contributed by atoms with Gasteiger partial charge in [0.2, 0.25) is 10.9 Å². The molecule has 0 fully saturated rings. The summed E-state index contributed by atoms with van der Waals surface area (Å²) in [4.78, 5) is 29.4.